The molecule has 0 spiro atoms. The molecule has 0 atom stereocenters. The fraction of sp³-hybridized carbons (Fsp3) is 0.158. The molecule has 3 rings (SSSR count). The molecular formula is C19H19ClN4O2. The molecule has 2 N–H and O–H groups in total. The fourth-order valence-electron chi connectivity index (χ4n) is 2.43. The van der Waals surface area contributed by atoms with Gasteiger partial charge in [0.1, 0.15) is 17.3 Å². The maximum absolute atomic E-state index is 6.03. The predicted octanol–water partition coefficient (Wildman–Crippen LogP) is 4.94. The molecule has 0 saturated carbocycles. The number of halogens is 1. The summed E-state index contributed by atoms with van der Waals surface area (Å²) >= 11 is 6.03. The van der Waals surface area contributed by atoms with Gasteiger partial charge in [0.25, 0.3) is 0 Å². The van der Waals surface area contributed by atoms with E-state index in [0.29, 0.717) is 34.0 Å². The Bertz CT molecular complexity index is 918. The van der Waals surface area contributed by atoms with E-state index in [1.54, 1.807) is 14.2 Å². The van der Waals surface area contributed by atoms with E-state index in [1.165, 1.54) is 0 Å². The van der Waals surface area contributed by atoms with Crippen molar-refractivity contribution in [2.45, 2.75) is 6.92 Å². The Morgan fingerprint density at radius 2 is 1.77 bits per heavy atom. The van der Waals surface area contributed by atoms with Gasteiger partial charge in [0, 0.05) is 28.5 Å². The van der Waals surface area contributed by atoms with E-state index in [9.17, 15) is 0 Å². The maximum Gasteiger partial charge on any atom is 0.229 e. The van der Waals surface area contributed by atoms with Crippen molar-refractivity contribution in [3.8, 4) is 11.5 Å². The zero-order valence-electron chi connectivity index (χ0n) is 14.7. The van der Waals surface area contributed by atoms with Crippen LogP contribution in [0.15, 0.2) is 48.5 Å². The second kappa shape index (κ2) is 7.93. The summed E-state index contributed by atoms with van der Waals surface area (Å²) in [4.78, 5) is 8.95. The third kappa shape index (κ3) is 4.34. The molecule has 1 aromatic heterocycles. The number of aromatic nitrogens is 2. The highest BCUT2D eigenvalue weighted by atomic mass is 35.5. The molecule has 1 heterocycles. The van der Waals surface area contributed by atoms with Crippen LogP contribution >= 0.6 is 11.6 Å². The molecule has 0 saturated heterocycles. The van der Waals surface area contributed by atoms with Crippen molar-refractivity contribution in [1.29, 1.82) is 0 Å². The molecule has 3 aromatic rings. The van der Waals surface area contributed by atoms with Gasteiger partial charge in [-0.05, 0) is 37.3 Å². The summed E-state index contributed by atoms with van der Waals surface area (Å²) in [6.07, 6.45) is 0. The number of benzene rings is 2. The van der Waals surface area contributed by atoms with Gasteiger partial charge in [0.05, 0.1) is 19.9 Å². The topological polar surface area (TPSA) is 68.3 Å². The number of hydrogen-bond donors (Lipinski definition) is 2. The summed E-state index contributed by atoms with van der Waals surface area (Å²) in [5, 5.41) is 7.07. The zero-order valence-corrected chi connectivity index (χ0v) is 15.5. The molecule has 0 unspecified atom stereocenters. The van der Waals surface area contributed by atoms with Gasteiger partial charge >= 0.3 is 0 Å². The van der Waals surface area contributed by atoms with Crippen LogP contribution in [-0.4, -0.2) is 24.2 Å². The van der Waals surface area contributed by atoms with Gasteiger partial charge in [-0.15, -0.1) is 0 Å². The Morgan fingerprint density at radius 3 is 2.50 bits per heavy atom. The van der Waals surface area contributed by atoms with Gasteiger partial charge in [-0.1, -0.05) is 17.7 Å². The monoisotopic (exact) mass is 370 g/mol. The van der Waals surface area contributed by atoms with Crippen molar-refractivity contribution in [2.75, 3.05) is 24.9 Å². The Morgan fingerprint density at radius 1 is 0.923 bits per heavy atom. The number of anilines is 4. The van der Waals surface area contributed by atoms with Crippen molar-refractivity contribution < 1.29 is 9.47 Å². The average molecular weight is 371 g/mol. The van der Waals surface area contributed by atoms with Gasteiger partial charge in [-0.3, -0.25) is 0 Å². The van der Waals surface area contributed by atoms with Crippen LogP contribution in [0, 0.1) is 6.92 Å². The molecule has 0 fully saturated rings. The maximum atomic E-state index is 6.03. The molecule has 0 radical (unpaired) electrons. The average Bonchev–Trinajstić information content (AvgIpc) is 2.61. The van der Waals surface area contributed by atoms with Gasteiger partial charge in [-0.2, -0.15) is 4.98 Å². The van der Waals surface area contributed by atoms with Crippen LogP contribution in [-0.2, 0) is 0 Å². The normalized spacial score (nSPS) is 10.3. The van der Waals surface area contributed by atoms with E-state index >= 15 is 0 Å². The number of aryl methyl sites for hydroxylation is 1. The lowest BCUT2D eigenvalue weighted by Gasteiger charge is -2.13. The quantitative estimate of drug-likeness (QED) is 0.640. The number of methoxy groups -OCH3 is 2. The van der Waals surface area contributed by atoms with Gasteiger partial charge < -0.3 is 20.1 Å². The lowest BCUT2D eigenvalue weighted by Crippen LogP contribution is -2.03. The first kappa shape index (κ1) is 17.8. The third-order valence-electron chi connectivity index (χ3n) is 3.60. The fourth-order valence-corrected chi connectivity index (χ4v) is 2.63. The van der Waals surface area contributed by atoms with Crippen LogP contribution in [0.2, 0.25) is 5.02 Å². The van der Waals surface area contributed by atoms with E-state index in [-0.39, 0.29) is 0 Å². The minimum Gasteiger partial charge on any atom is -0.497 e. The lowest BCUT2D eigenvalue weighted by molar-refractivity contribution is 0.405. The van der Waals surface area contributed by atoms with E-state index in [0.717, 1.165) is 11.4 Å². The van der Waals surface area contributed by atoms with Crippen LogP contribution in [0.4, 0.5) is 23.1 Å². The standard InChI is InChI=1S/C19H19ClN4O2/c1-12-9-18(22-14-6-4-5-13(20)10-14)24-19(21-12)23-16-11-15(25-2)7-8-17(16)26-3/h4-11H,1-3H3,(H2,21,22,23,24). The second-order valence-electron chi connectivity index (χ2n) is 5.54. The zero-order chi connectivity index (χ0) is 18.5. The Balaban J connectivity index is 1.88. The summed E-state index contributed by atoms with van der Waals surface area (Å²) in [5.41, 5.74) is 2.38. The van der Waals surface area contributed by atoms with Crippen molar-refractivity contribution in [3.63, 3.8) is 0 Å². The van der Waals surface area contributed by atoms with Crippen molar-refractivity contribution >= 4 is 34.7 Å². The number of hydrogen-bond acceptors (Lipinski definition) is 6. The predicted molar refractivity (Wildman–Crippen MR) is 104 cm³/mol. The van der Waals surface area contributed by atoms with E-state index < -0.39 is 0 Å². The van der Waals surface area contributed by atoms with E-state index in [2.05, 4.69) is 20.6 Å². The van der Waals surface area contributed by atoms with Crippen LogP contribution in [0.25, 0.3) is 0 Å². The molecule has 6 nitrogen and oxygen atoms in total. The van der Waals surface area contributed by atoms with Crippen LogP contribution in [0.3, 0.4) is 0 Å². The molecule has 0 bridgehead atoms. The SMILES string of the molecule is COc1ccc(OC)c(Nc2nc(C)cc(Nc3cccc(Cl)c3)n2)c1. The Hall–Kier alpha value is -2.99. The Labute approximate surface area is 157 Å². The third-order valence-corrected chi connectivity index (χ3v) is 3.84. The van der Waals surface area contributed by atoms with Gasteiger partial charge in [-0.25, -0.2) is 4.98 Å². The molecule has 0 amide bonds. The second-order valence-corrected chi connectivity index (χ2v) is 5.98. The first-order chi connectivity index (χ1) is 12.6. The molecule has 134 valence electrons. The molecule has 2 aromatic carbocycles. The first-order valence-electron chi connectivity index (χ1n) is 7.94. The highest BCUT2D eigenvalue weighted by molar-refractivity contribution is 6.30. The number of ether oxygens (including phenoxy) is 2. The molecular weight excluding hydrogens is 352 g/mol. The van der Waals surface area contributed by atoms with Crippen molar-refractivity contribution in [2.24, 2.45) is 0 Å². The lowest BCUT2D eigenvalue weighted by atomic mass is 10.2. The molecule has 0 aliphatic rings. The summed E-state index contributed by atoms with van der Waals surface area (Å²) in [7, 11) is 3.22. The van der Waals surface area contributed by atoms with Gasteiger partial charge in [0.2, 0.25) is 5.95 Å². The number of nitrogens with zero attached hydrogens (tertiary/aromatic N) is 2. The van der Waals surface area contributed by atoms with E-state index in [4.69, 9.17) is 21.1 Å². The molecule has 0 aliphatic heterocycles. The van der Waals surface area contributed by atoms with Crippen molar-refractivity contribution in [3.05, 3.63) is 59.2 Å². The summed E-state index contributed by atoms with van der Waals surface area (Å²) in [6.45, 7) is 1.90. The summed E-state index contributed by atoms with van der Waals surface area (Å²) in [6, 6.07) is 14.8. The minimum absolute atomic E-state index is 0.445. The van der Waals surface area contributed by atoms with Crippen LogP contribution in [0.5, 0.6) is 11.5 Å². The summed E-state index contributed by atoms with van der Waals surface area (Å²) < 4.78 is 10.7. The largest absolute Gasteiger partial charge is 0.497 e. The smallest absolute Gasteiger partial charge is 0.229 e. The Kier molecular flexibility index (Phi) is 5.43. The van der Waals surface area contributed by atoms with Crippen molar-refractivity contribution in [1.82, 2.24) is 9.97 Å². The van der Waals surface area contributed by atoms with Crippen LogP contribution in [0.1, 0.15) is 5.69 Å². The highest BCUT2D eigenvalue weighted by Crippen LogP contribution is 2.31. The summed E-state index contributed by atoms with van der Waals surface area (Å²) in [5.74, 6) is 2.48. The minimum atomic E-state index is 0.445. The number of nitrogens with one attached hydrogen (secondary N) is 2. The molecule has 26 heavy (non-hydrogen) atoms. The first-order valence-corrected chi connectivity index (χ1v) is 8.32. The highest BCUT2D eigenvalue weighted by Gasteiger charge is 2.09. The molecule has 0 aliphatic carbocycles. The molecule has 7 heteroatoms. The van der Waals surface area contributed by atoms with E-state index in [1.807, 2.05) is 55.5 Å². The number of rotatable bonds is 6. The van der Waals surface area contributed by atoms with Gasteiger partial charge in [0.15, 0.2) is 0 Å². The van der Waals surface area contributed by atoms with Crippen LogP contribution < -0.4 is 20.1 Å².